The standard InChI is InChI=1S/C16H19ClIN3/c1-5-19-16-20-10(4)14(15(17)21-16)12-7-6-11(9(2)3)8-13(12)18/h6-9H,5H2,1-4H3,(H,19,20,21). The first-order valence-electron chi connectivity index (χ1n) is 7.01. The van der Waals surface area contributed by atoms with Crippen LogP contribution in [0.2, 0.25) is 5.15 Å². The van der Waals surface area contributed by atoms with Crippen LogP contribution in [0.4, 0.5) is 5.95 Å². The summed E-state index contributed by atoms with van der Waals surface area (Å²) in [5, 5.41) is 3.59. The summed E-state index contributed by atoms with van der Waals surface area (Å²) >= 11 is 8.74. The van der Waals surface area contributed by atoms with Crippen LogP contribution in [0.25, 0.3) is 11.1 Å². The lowest BCUT2D eigenvalue weighted by molar-refractivity contribution is 0.866. The summed E-state index contributed by atoms with van der Waals surface area (Å²) < 4.78 is 1.17. The lowest BCUT2D eigenvalue weighted by atomic mass is 9.99. The van der Waals surface area contributed by atoms with Gasteiger partial charge in [-0.05, 0) is 59.5 Å². The molecule has 0 bridgehead atoms. The van der Waals surface area contributed by atoms with E-state index in [4.69, 9.17) is 11.6 Å². The first kappa shape index (κ1) is 16.5. The van der Waals surface area contributed by atoms with Crippen LogP contribution >= 0.6 is 34.2 Å². The zero-order valence-corrected chi connectivity index (χ0v) is 15.6. The van der Waals surface area contributed by atoms with Crippen molar-refractivity contribution in [1.82, 2.24) is 9.97 Å². The van der Waals surface area contributed by atoms with Gasteiger partial charge in [0.25, 0.3) is 0 Å². The number of nitrogens with zero attached hydrogens (tertiary/aromatic N) is 2. The van der Waals surface area contributed by atoms with Gasteiger partial charge in [-0.15, -0.1) is 0 Å². The monoisotopic (exact) mass is 415 g/mol. The van der Waals surface area contributed by atoms with Gasteiger partial charge in [0.05, 0.1) is 5.69 Å². The number of rotatable bonds is 4. The fraction of sp³-hybridized carbons (Fsp3) is 0.375. The molecule has 0 saturated heterocycles. The van der Waals surface area contributed by atoms with Gasteiger partial charge in [-0.3, -0.25) is 0 Å². The molecule has 0 amide bonds. The quantitative estimate of drug-likeness (QED) is 0.546. The molecule has 112 valence electrons. The van der Waals surface area contributed by atoms with Gasteiger partial charge in [-0.1, -0.05) is 37.6 Å². The summed E-state index contributed by atoms with van der Waals surface area (Å²) in [6.07, 6.45) is 0. The number of hydrogen-bond donors (Lipinski definition) is 1. The van der Waals surface area contributed by atoms with Gasteiger partial charge in [0.2, 0.25) is 5.95 Å². The van der Waals surface area contributed by atoms with E-state index in [0.717, 1.165) is 23.4 Å². The first-order valence-corrected chi connectivity index (χ1v) is 8.47. The number of anilines is 1. The molecule has 2 aromatic rings. The predicted octanol–water partition coefficient (Wildman–Crippen LogP) is 5.27. The van der Waals surface area contributed by atoms with Crippen LogP contribution in [0.15, 0.2) is 18.2 Å². The number of benzene rings is 1. The number of nitrogens with one attached hydrogen (secondary N) is 1. The van der Waals surface area contributed by atoms with E-state index in [1.54, 1.807) is 0 Å². The maximum atomic E-state index is 6.38. The summed E-state index contributed by atoms with van der Waals surface area (Å²) in [5.74, 6) is 1.09. The van der Waals surface area contributed by atoms with E-state index < -0.39 is 0 Å². The molecule has 0 fully saturated rings. The predicted molar refractivity (Wildman–Crippen MR) is 98.2 cm³/mol. The molecule has 3 nitrogen and oxygen atoms in total. The smallest absolute Gasteiger partial charge is 0.224 e. The van der Waals surface area contributed by atoms with Crippen LogP contribution in [0, 0.1) is 10.5 Å². The highest BCUT2D eigenvalue weighted by molar-refractivity contribution is 14.1. The molecule has 1 N–H and O–H groups in total. The molecular weight excluding hydrogens is 397 g/mol. The zero-order valence-electron chi connectivity index (χ0n) is 12.7. The maximum Gasteiger partial charge on any atom is 0.224 e. The molecule has 5 heteroatoms. The third-order valence-corrected chi connectivity index (χ3v) is 4.48. The highest BCUT2D eigenvalue weighted by Gasteiger charge is 2.15. The van der Waals surface area contributed by atoms with Crippen molar-refractivity contribution in [2.75, 3.05) is 11.9 Å². The van der Waals surface area contributed by atoms with Crippen LogP contribution in [0.1, 0.15) is 37.9 Å². The Kier molecular flexibility index (Phi) is 5.43. The fourth-order valence-electron chi connectivity index (χ4n) is 2.17. The summed E-state index contributed by atoms with van der Waals surface area (Å²) in [4.78, 5) is 8.83. The lowest BCUT2D eigenvalue weighted by Crippen LogP contribution is -2.05. The van der Waals surface area contributed by atoms with E-state index in [9.17, 15) is 0 Å². The van der Waals surface area contributed by atoms with Crippen LogP contribution in [0.3, 0.4) is 0 Å². The second kappa shape index (κ2) is 6.92. The van der Waals surface area contributed by atoms with Gasteiger partial charge in [0.15, 0.2) is 0 Å². The Balaban J connectivity index is 2.52. The summed E-state index contributed by atoms with van der Waals surface area (Å²) in [6.45, 7) is 9.13. The SMILES string of the molecule is CCNc1nc(C)c(-c2ccc(C(C)C)cc2I)c(Cl)n1. The van der Waals surface area contributed by atoms with Gasteiger partial charge in [-0.2, -0.15) is 0 Å². The van der Waals surface area contributed by atoms with Crippen LogP contribution in [-0.4, -0.2) is 16.5 Å². The average molecular weight is 416 g/mol. The Morgan fingerprint density at radius 1 is 1.29 bits per heavy atom. The summed E-state index contributed by atoms with van der Waals surface area (Å²) in [5.41, 5.74) is 4.21. The molecule has 0 aliphatic rings. The van der Waals surface area contributed by atoms with Gasteiger partial charge >= 0.3 is 0 Å². The van der Waals surface area contributed by atoms with Crippen LogP contribution < -0.4 is 5.32 Å². The van der Waals surface area contributed by atoms with Gasteiger partial charge in [0.1, 0.15) is 5.15 Å². The number of hydrogen-bond acceptors (Lipinski definition) is 3. The van der Waals surface area contributed by atoms with Crippen LogP contribution in [-0.2, 0) is 0 Å². The molecule has 0 saturated carbocycles. The maximum absolute atomic E-state index is 6.38. The molecule has 0 aliphatic carbocycles. The van der Waals surface area contributed by atoms with E-state index in [2.05, 4.69) is 69.9 Å². The summed E-state index contributed by atoms with van der Waals surface area (Å²) in [6, 6.07) is 6.46. The van der Waals surface area contributed by atoms with Gasteiger partial charge in [-0.25, -0.2) is 9.97 Å². The zero-order chi connectivity index (χ0) is 15.6. The topological polar surface area (TPSA) is 37.8 Å². The Morgan fingerprint density at radius 2 is 2.00 bits per heavy atom. The van der Waals surface area contributed by atoms with Crippen molar-refractivity contribution < 1.29 is 0 Å². The molecule has 1 heterocycles. The summed E-state index contributed by atoms with van der Waals surface area (Å²) in [7, 11) is 0. The third-order valence-electron chi connectivity index (χ3n) is 3.31. The van der Waals surface area contributed by atoms with Crippen molar-refractivity contribution in [2.45, 2.75) is 33.6 Å². The molecule has 0 radical (unpaired) electrons. The number of aromatic nitrogens is 2. The van der Waals surface area contributed by atoms with Crippen molar-refractivity contribution in [1.29, 1.82) is 0 Å². The van der Waals surface area contributed by atoms with Crippen molar-refractivity contribution in [3.8, 4) is 11.1 Å². The van der Waals surface area contributed by atoms with Gasteiger partial charge in [0, 0.05) is 15.7 Å². The van der Waals surface area contributed by atoms with E-state index >= 15 is 0 Å². The average Bonchev–Trinajstić information content (AvgIpc) is 2.40. The fourth-order valence-corrected chi connectivity index (χ4v) is 3.30. The van der Waals surface area contributed by atoms with E-state index in [1.165, 1.54) is 9.13 Å². The molecule has 1 aromatic heterocycles. The molecule has 0 atom stereocenters. The number of aryl methyl sites for hydroxylation is 1. The second-order valence-corrected chi connectivity index (χ2v) is 6.74. The van der Waals surface area contributed by atoms with Crippen LogP contribution in [0.5, 0.6) is 0 Å². The Bertz CT molecular complexity index is 633. The van der Waals surface area contributed by atoms with E-state index in [-0.39, 0.29) is 0 Å². The minimum absolute atomic E-state index is 0.494. The minimum Gasteiger partial charge on any atom is -0.354 e. The molecular formula is C16H19ClIN3. The first-order chi connectivity index (χ1) is 9.93. The molecule has 1 aromatic carbocycles. The molecule has 21 heavy (non-hydrogen) atoms. The highest BCUT2D eigenvalue weighted by atomic mass is 127. The molecule has 2 rings (SSSR count). The van der Waals surface area contributed by atoms with Crippen molar-refractivity contribution >= 4 is 40.1 Å². The van der Waals surface area contributed by atoms with Crippen molar-refractivity contribution in [2.24, 2.45) is 0 Å². The van der Waals surface area contributed by atoms with Crippen molar-refractivity contribution in [3.05, 3.63) is 38.2 Å². The lowest BCUT2D eigenvalue weighted by Gasteiger charge is -2.14. The molecule has 0 unspecified atom stereocenters. The van der Waals surface area contributed by atoms with E-state index in [0.29, 0.717) is 17.0 Å². The van der Waals surface area contributed by atoms with E-state index in [1.807, 2.05) is 13.8 Å². The molecule has 0 spiro atoms. The second-order valence-electron chi connectivity index (χ2n) is 5.22. The van der Waals surface area contributed by atoms with Crippen molar-refractivity contribution in [3.63, 3.8) is 0 Å². The molecule has 0 aliphatic heterocycles. The highest BCUT2D eigenvalue weighted by Crippen LogP contribution is 2.34. The number of halogens is 2. The van der Waals surface area contributed by atoms with Gasteiger partial charge < -0.3 is 5.32 Å². The Labute approximate surface area is 144 Å². The third kappa shape index (κ3) is 3.66. The normalized spacial score (nSPS) is 11.0. The Hall–Kier alpha value is -0.880. The Morgan fingerprint density at radius 3 is 2.52 bits per heavy atom. The largest absolute Gasteiger partial charge is 0.354 e. The minimum atomic E-state index is 0.494.